The van der Waals surface area contributed by atoms with Crippen molar-refractivity contribution in [3.63, 3.8) is 0 Å². The molecule has 0 aliphatic carbocycles. The van der Waals surface area contributed by atoms with Crippen molar-refractivity contribution in [2.75, 3.05) is 23.9 Å². The SMILES string of the molecule is CCN(c1ccccc1)c1ccc(NC(=O)c2ccc(OC)cc2)cc1. The van der Waals surface area contributed by atoms with E-state index in [0.717, 1.165) is 29.4 Å². The molecular weight excluding hydrogens is 324 g/mol. The van der Waals surface area contributed by atoms with Gasteiger partial charge in [-0.3, -0.25) is 4.79 Å². The molecule has 4 nitrogen and oxygen atoms in total. The zero-order valence-electron chi connectivity index (χ0n) is 15.0. The van der Waals surface area contributed by atoms with Crippen LogP contribution in [0.15, 0.2) is 78.9 Å². The molecule has 0 spiro atoms. The number of rotatable bonds is 6. The monoisotopic (exact) mass is 346 g/mol. The summed E-state index contributed by atoms with van der Waals surface area (Å²) in [5, 5.41) is 2.92. The molecule has 0 unspecified atom stereocenters. The van der Waals surface area contributed by atoms with Gasteiger partial charge >= 0.3 is 0 Å². The summed E-state index contributed by atoms with van der Waals surface area (Å²) >= 11 is 0. The van der Waals surface area contributed by atoms with Crippen molar-refractivity contribution in [2.24, 2.45) is 0 Å². The summed E-state index contributed by atoms with van der Waals surface area (Å²) in [5.74, 6) is 0.585. The van der Waals surface area contributed by atoms with E-state index in [1.807, 2.05) is 42.5 Å². The lowest BCUT2D eigenvalue weighted by atomic mass is 10.2. The van der Waals surface area contributed by atoms with Crippen LogP contribution in [-0.4, -0.2) is 19.6 Å². The fourth-order valence-electron chi connectivity index (χ4n) is 2.79. The van der Waals surface area contributed by atoms with Gasteiger partial charge in [-0.05, 0) is 67.6 Å². The highest BCUT2D eigenvalue weighted by Gasteiger charge is 2.09. The molecule has 1 N–H and O–H groups in total. The van der Waals surface area contributed by atoms with Gasteiger partial charge in [-0.15, -0.1) is 0 Å². The van der Waals surface area contributed by atoms with Gasteiger partial charge in [0.25, 0.3) is 5.91 Å². The lowest BCUT2D eigenvalue weighted by Gasteiger charge is -2.23. The second-order valence-electron chi connectivity index (χ2n) is 5.81. The largest absolute Gasteiger partial charge is 0.497 e. The van der Waals surface area contributed by atoms with E-state index in [0.29, 0.717) is 5.56 Å². The average molecular weight is 346 g/mol. The molecule has 0 aliphatic rings. The molecule has 0 heterocycles. The van der Waals surface area contributed by atoms with E-state index in [9.17, 15) is 4.79 Å². The number of carbonyl (C=O) groups is 1. The van der Waals surface area contributed by atoms with Crippen molar-refractivity contribution in [1.29, 1.82) is 0 Å². The second-order valence-corrected chi connectivity index (χ2v) is 5.81. The number of nitrogens with one attached hydrogen (secondary N) is 1. The van der Waals surface area contributed by atoms with Gasteiger partial charge in [0.1, 0.15) is 5.75 Å². The predicted molar refractivity (Wildman–Crippen MR) is 107 cm³/mol. The molecular formula is C22H22N2O2. The summed E-state index contributed by atoms with van der Waals surface area (Å²) in [6, 6.07) is 25.1. The summed E-state index contributed by atoms with van der Waals surface area (Å²) < 4.78 is 5.11. The molecule has 0 saturated carbocycles. The number of hydrogen-bond donors (Lipinski definition) is 1. The normalized spacial score (nSPS) is 10.2. The number of nitrogens with zero attached hydrogens (tertiary/aromatic N) is 1. The molecule has 0 aromatic heterocycles. The molecule has 0 aliphatic heterocycles. The Kier molecular flexibility index (Phi) is 5.54. The Morgan fingerprint density at radius 2 is 1.50 bits per heavy atom. The number of methoxy groups -OCH3 is 1. The average Bonchev–Trinajstić information content (AvgIpc) is 2.70. The highest BCUT2D eigenvalue weighted by atomic mass is 16.5. The molecule has 0 bridgehead atoms. The summed E-state index contributed by atoms with van der Waals surface area (Å²) in [7, 11) is 1.60. The van der Waals surface area contributed by atoms with Crippen LogP contribution < -0.4 is 15.0 Å². The number of amides is 1. The third-order valence-electron chi connectivity index (χ3n) is 4.17. The Hall–Kier alpha value is -3.27. The van der Waals surface area contributed by atoms with Gasteiger partial charge < -0.3 is 15.0 Å². The second kappa shape index (κ2) is 8.21. The number of anilines is 3. The fourth-order valence-corrected chi connectivity index (χ4v) is 2.79. The molecule has 1 amide bonds. The Labute approximate surface area is 154 Å². The first kappa shape index (κ1) is 17.5. The van der Waals surface area contributed by atoms with Crippen molar-refractivity contribution in [3.05, 3.63) is 84.4 Å². The highest BCUT2D eigenvalue weighted by molar-refractivity contribution is 6.04. The molecule has 3 aromatic carbocycles. The van der Waals surface area contributed by atoms with Gasteiger partial charge in [0.15, 0.2) is 0 Å². The van der Waals surface area contributed by atoms with Crippen molar-refractivity contribution >= 4 is 23.0 Å². The molecule has 0 atom stereocenters. The molecule has 132 valence electrons. The van der Waals surface area contributed by atoms with Crippen molar-refractivity contribution in [1.82, 2.24) is 0 Å². The molecule has 0 fully saturated rings. The summed E-state index contributed by atoms with van der Waals surface area (Å²) in [6.45, 7) is 2.98. The zero-order chi connectivity index (χ0) is 18.4. The maximum Gasteiger partial charge on any atom is 0.255 e. The first-order chi connectivity index (χ1) is 12.7. The van der Waals surface area contributed by atoms with Crippen LogP contribution in [0.5, 0.6) is 5.75 Å². The third kappa shape index (κ3) is 4.03. The van der Waals surface area contributed by atoms with E-state index < -0.39 is 0 Å². The Balaban J connectivity index is 1.71. The maximum absolute atomic E-state index is 12.3. The van der Waals surface area contributed by atoms with Crippen molar-refractivity contribution in [3.8, 4) is 5.75 Å². The Bertz CT molecular complexity index is 844. The Morgan fingerprint density at radius 3 is 2.08 bits per heavy atom. The molecule has 0 radical (unpaired) electrons. The first-order valence-corrected chi connectivity index (χ1v) is 8.59. The minimum Gasteiger partial charge on any atom is -0.497 e. The minimum absolute atomic E-state index is 0.143. The van der Waals surface area contributed by atoms with Crippen LogP contribution in [0.2, 0.25) is 0 Å². The third-order valence-corrected chi connectivity index (χ3v) is 4.17. The highest BCUT2D eigenvalue weighted by Crippen LogP contribution is 2.26. The van der Waals surface area contributed by atoms with Gasteiger partial charge in [0.2, 0.25) is 0 Å². The van der Waals surface area contributed by atoms with Crippen LogP contribution in [0, 0.1) is 0 Å². The molecule has 26 heavy (non-hydrogen) atoms. The van der Waals surface area contributed by atoms with Crippen molar-refractivity contribution < 1.29 is 9.53 Å². The van der Waals surface area contributed by atoms with Crippen LogP contribution >= 0.6 is 0 Å². The van der Waals surface area contributed by atoms with Gasteiger partial charge in [-0.25, -0.2) is 0 Å². The molecule has 0 saturated heterocycles. The van der Waals surface area contributed by atoms with Crippen LogP contribution in [-0.2, 0) is 0 Å². The number of para-hydroxylation sites is 1. The molecule has 4 heteroatoms. The van der Waals surface area contributed by atoms with Crippen LogP contribution in [0.4, 0.5) is 17.1 Å². The molecule has 3 aromatic rings. The topological polar surface area (TPSA) is 41.6 Å². The van der Waals surface area contributed by atoms with Crippen molar-refractivity contribution in [2.45, 2.75) is 6.92 Å². The van der Waals surface area contributed by atoms with Gasteiger partial charge in [-0.1, -0.05) is 18.2 Å². The Morgan fingerprint density at radius 1 is 0.885 bits per heavy atom. The molecule has 3 rings (SSSR count). The number of hydrogen-bond acceptors (Lipinski definition) is 3. The van der Waals surface area contributed by atoms with E-state index in [-0.39, 0.29) is 5.91 Å². The number of ether oxygens (including phenoxy) is 1. The minimum atomic E-state index is -0.143. The fraction of sp³-hybridized carbons (Fsp3) is 0.136. The quantitative estimate of drug-likeness (QED) is 0.675. The van der Waals surface area contributed by atoms with Crippen LogP contribution in [0.1, 0.15) is 17.3 Å². The number of carbonyl (C=O) groups excluding carboxylic acids is 1. The zero-order valence-corrected chi connectivity index (χ0v) is 15.0. The van der Waals surface area contributed by atoms with E-state index in [1.165, 1.54) is 0 Å². The van der Waals surface area contributed by atoms with E-state index in [2.05, 4.69) is 29.3 Å². The van der Waals surface area contributed by atoms with Gasteiger partial charge in [0.05, 0.1) is 7.11 Å². The summed E-state index contributed by atoms with van der Waals surface area (Å²) in [4.78, 5) is 14.6. The predicted octanol–water partition coefficient (Wildman–Crippen LogP) is 5.11. The van der Waals surface area contributed by atoms with Crippen LogP contribution in [0.25, 0.3) is 0 Å². The van der Waals surface area contributed by atoms with E-state index in [1.54, 1.807) is 31.4 Å². The maximum atomic E-state index is 12.3. The lowest BCUT2D eigenvalue weighted by molar-refractivity contribution is 0.102. The van der Waals surface area contributed by atoms with Crippen LogP contribution in [0.3, 0.4) is 0 Å². The standard InChI is InChI=1S/C22H22N2O2/c1-3-24(19-7-5-4-6-8-19)20-13-11-18(12-14-20)23-22(25)17-9-15-21(26-2)16-10-17/h4-16H,3H2,1-2H3,(H,23,25). The number of benzene rings is 3. The van der Waals surface area contributed by atoms with Gasteiger partial charge in [0, 0.05) is 29.2 Å². The van der Waals surface area contributed by atoms with Gasteiger partial charge in [-0.2, -0.15) is 0 Å². The summed E-state index contributed by atoms with van der Waals surface area (Å²) in [5.41, 5.74) is 3.58. The first-order valence-electron chi connectivity index (χ1n) is 8.59. The van der Waals surface area contributed by atoms with E-state index >= 15 is 0 Å². The summed E-state index contributed by atoms with van der Waals surface area (Å²) in [6.07, 6.45) is 0. The lowest BCUT2D eigenvalue weighted by Crippen LogP contribution is -2.16. The smallest absolute Gasteiger partial charge is 0.255 e. The van der Waals surface area contributed by atoms with E-state index in [4.69, 9.17) is 4.74 Å².